The van der Waals surface area contributed by atoms with Crippen molar-refractivity contribution in [2.24, 2.45) is 0 Å². The van der Waals surface area contributed by atoms with Crippen LogP contribution in [-0.4, -0.2) is 21.0 Å². The molecule has 6 nitrogen and oxygen atoms in total. The van der Waals surface area contributed by atoms with Crippen molar-refractivity contribution in [3.05, 3.63) is 53.5 Å². The van der Waals surface area contributed by atoms with Gasteiger partial charge in [0, 0.05) is 11.6 Å². The van der Waals surface area contributed by atoms with E-state index in [-0.39, 0.29) is 6.03 Å². The molecule has 25 heavy (non-hydrogen) atoms. The molecule has 0 bridgehead atoms. The number of amides is 2. The van der Waals surface area contributed by atoms with Crippen molar-refractivity contribution in [3.63, 3.8) is 0 Å². The van der Waals surface area contributed by atoms with Gasteiger partial charge in [-0.25, -0.2) is 14.8 Å². The van der Waals surface area contributed by atoms with E-state index in [4.69, 9.17) is 0 Å². The van der Waals surface area contributed by atoms with Crippen molar-refractivity contribution in [3.8, 4) is 10.7 Å². The number of fused-ring (bicyclic) bond motifs is 1. The fraction of sp³-hybridized carbons (Fsp3) is 0.0588. The number of hydrogen-bond acceptors (Lipinski definition) is 6. The largest absolute Gasteiger partial charge is 0.326 e. The number of aromatic nitrogens is 3. The van der Waals surface area contributed by atoms with Crippen LogP contribution in [0.25, 0.3) is 20.9 Å². The van der Waals surface area contributed by atoms with Gasteiger partial charge in [-0.3, -0.25) is 15.6 Å². The maximum absolute atomic E-state index is 12.2. The smallest absolute Gasteiger partial charge is 0.291 e. The van der Waals surface area contributed by atoms with Crippen molar-refractivity contribution in [1.29, 1.82) is 0 Å². The first-order valence-electron chi connectivity index (χ1n) is 7.49. The number of anilines is 2. The van der Waals surface area contributed by atoms with E-state index in [1.165, 1.54) is 22.7 Å². The van der Waals surface area contributed by atoms with Crippen LogP contribution in [0, 0.1) is 6.92 Å². The molecule has 0 aliphatic heterocycles. The Kier molecular flexibility index (Phi) is 4.12. The summed E-state index contributed by atoms with van der Waals surface area (Å²) in [7, 11) is 0. The Morgan fingerprint density at radius 1 is 1.12 bits per heavy atom. The molecule has 2 N–H and O–H groups in total. The molecule has 2 amide bonds. The van der Waals surface area contributed by atoms with Gasteiger partial charge in [0.1, 0.15) is 10.8 Å². The van der Waals surface area contributed by atoms with Gasteiger partial charge >= 0.3 is 6.03 Å². The number of nitrogens with zero attached hydrogens (tertiary/aromatic N) is 3. The van der Waals surface area contributed by atoms with Crippen LogP contribution >= 0.6 is 22.7 Å². The summed E-state index contributed by atoms with van der Waals surface area (Å²) in [4.78, 5) is 25.2. The summed E-state index contributed by atoms with van der Waals surface area (Å²) in [5.41, 5.74) is 2.82. The summed E-state index contributed by atoms with van der Waals surface area (Å²) in [5, 5.41) is 8.57. The average molecular weight is 367 g/mol. The minimum Gasteiger partial charge on any atom is -0.291 e. The lowest BCUT2D eigenvalue weighted by molar-refractivity contribution is 0.262. The predicted octanol–water partition coefficient (Wildman–Crippen LogP) is 4.77. The number of rotatable bonds is 3. The van der Waals surface area contributed by atoms with Gasteiger partial charge in [0.15, 0.2) is 5.13 Å². The van der Waals surface area contributed by atoms with Crippen LogP contribution in [0.5, 0.6) is 0 Å². The van der Waals surface area contributed by atoms with E-state index in [1.54, 1.807) is 11.6 Å². The van der Waals surface area contributed by atoms with Crippen LogP contribution in [0.4, 0.5) is 15.7 Å². The number of aryl methyl sites for hydroxylation is 1. The third kappa shape index (κ3) is 3.49. The quantitative estimate of drug-likeness (QED) is 0.547. The van der Waals surface area contributed by atoms with Crippen LogP contribution in [0.3, 0.4) is 0 Å². The molecule has 1 aromatic carbocycles. The molecule has 0 atom stereocenters. The van der Waals surface area contributed by atoms with Gasteiger partial charge in [0.2, 0.25) is 0 Å². The van der Waals surface area contributed by atoms with Crippen molar-refractivity contribution in [2.45, 2.75) is 6.92 Å². The van der Waals surface area contributed by atoms with Gasteiger partial charge in [-0.05, 0) is 36.8 Å². The molecule has 4 rings (SSSR count). The molecule has 8 heteroatoms. The summed E-state index contributed by atoms with van der Waals surface area (Å²) in [6.07, 6.45) is 1.71. The van der Waals surface area contributed by atoms with E-state index < -0.39 is 0 Å². The van der Waals surface area contributed by atoms with Gasteiger partial charge in [-0.15, -0.1) is 11.3 Å². The van der Waals surface area contributed by atoms with E-state index in [9.17, 15) is 4.79 Å². The lowest BCUT2D eigenvalue weighted by Crippen LogP contribution is -2.19. The number of nitrogens with one attached hydrogen (secondary N) is 2. The van der Waals surface area contributed by atoms with Gasteiger partial charge in [-0.2, -0.15) is 0 Å². The van der Waals surface area contributed by atoms with Crippen LogP contribution < -0.4 is 10.6 Å². The Bertz CT molecular complexity index is 1040. The van der Waals surface area contributed by atoms with E-state index in [2.05, 4.69) is 31.7 Å². The zero-order valence-corrected chi connectivity index (χ0v) is 14.8. The molecule has 124 valence electrons. The summed E-state index contributed by atoms with van der Waals surface area (Å²) in [5.74, 6) is 0.486. The Morgan fingerprint density at radius 3 is 2.88 bits per heavy atom. The zero-order valence-electron chi connectivity index (χ0n) is 13.2. The second kappa shape index (κ2) is 6.58. The van der Waals surface area contributed by atoms with Crippen molar-refractivity contribution >= 4 is 49.9 Å². The number of pyridine rings is 1. The highest BCUT2D eigenvalue weighted by Crippen LogP contribution is 2.27. The van der Waals surface area contributed by atoms with Crippen LogP contribution in [-0.2, 0) is 0 Å². The summed E-state index contributed by atoms with van der Waals surface area (Å²) in [6, 6.07) is 11.3. The first-order valence-corrected chi connectivity index (χ1v) is 9.19. The number of urea groups is 1. The minimum atomic E-state index is -0.367. The Hall–Kier alpha value is -2.84. The SMILES string of the molecule is Cc1ccc2nc(NC(=O)Nc3csc(-c4ccccn4)n3)sc2c1. The minimum absolute atomic E-state index is 0.367. The Balaban J connectivity index is 1.46. The summed E-state index contributed by atoms with van der Waals surface area (Å²) < 4.78 is 1.04. The fourth-order valence-corrected chi connectivity index (χ4v) is 3.95. The molecule has 0 aliphatic carbocycles. The Labute approximate surface area is 151 Å². The highest BCUT2D eigenvalue weighted by Gasteiger charge is 2.11. The number of benzene rings is 1. The third-order valence-electron chi connectivity index (χ3n) is 3.39. The van der Waals surface area contributed by atoms with Crippen LogP contribution in [0.2, 0.25) is 0 Å². The summed E-state index contributed by atoms with van der Waals surface area (Å²) >= 11 is 2.87. The Morgan fingerprint density at radius 2 is 2.04 bits per heavy atom. The van der Waals surface area contributed by atoms with Crippen LogP contribution in [0.1, 0.15) is 5.56 Å². The molecule has 3 aromatic heterocycles. The normalized spacial score (nSPS) is 10.8. The molecule has 0 spiro atoms. The number of carbonyl (C=O) groups is 1. The zero-order chi connectivity index (χ0) is 17.2. The van der Waals surface area contributed by atoms with Gasteiger partial charge in [0.05, 0.1) is 15.9 Å². The van der Waals surface area contributed by atoms with E-state index >= 15 is 0 Å². The maximum atomic E-state index is 12.2. The first kappa shape index (κ1) is 15.7. The monoisotopic (exact) mass is 367 g/mol. The molecule has 0 fully saturated rings. The molecule has 4 aromatic rings. The fourth-order valence-electron chi connectivity index (χ4n) is 2.27. The predicted molar refractivity (Wildman–Crippen MR) is 102 cm³/mol. The molecule has 3 heterocycles. The van der Waals surface area contributed by atoms with Gasteiger partial charge in [0.25, 0.3) is 0 Å². The molecular weight excluding hydrogens is 354 g/mol. The van der Waals surface area contributed by atoms with Gasteiger partial charge < -0.3 is 0 Å². The maximum Gasteiger partial charge on any atom is 0.326 e. The number of carbonyl (C=O) groups excluding carboxylic acids is 1. The summed E-state index contributed by atoms with van der Waals surface area (Å²) in [6.45, 7) is 2.03. The van der Waals surface area contributed by atoms with E-state index in [0.717, 1.165) is 26.5 Å². The first-order chi connectivity index (χ1) is 12.2. The lowest BCUT2D eigenvalue weighted by atomic mass is 10.2. The average Bonchev–Trinajstić information content (AvgIpc) is 3.21. The topological polar surface area (TPSA) is 79.8 Å². The molecule has 0 radical (unpaired) electrons. The van der Waals surface area contributed by atoms with Crippen LogP contribution in [0.15, 0.2) is 48.0 Å². The van der Waals surface area contributed by atoms with Crippen molar-refractivity contribution in [2.75, 3.05) is 10.6 Å². The molecule has 0 aliphatic rings. The number of thiazole rings is 2. The van der Waals surface area contributed by atoms with E-state index in [1.807, 2.05) is 37.3 Å². The molecule has 0 saturated carbocycles. The third-order valence-corrected chi connectivity index (χ3v) is 5.19. The molecule has 0 saturated heterocycles. The highest BCUT2D eigenvalue weighted by molar-refractivity contribution is 7.22. The molecular formula is C17H13N5OS2. The van der Waals surface area contributed by atoms with Crippen molar-refractivity contribution < 1.29 is 4.79 Å². The van der Waals surface area contributed by atoms with Crippen molar-refractivity contribution in [1.82, 2.24) is 15.0 Å². The second-order valence-corrected chi connectivity index (χ2v) is 7.21. The highest BCUT2D eigenvalue weighted by atomic mass is 32.1. The standard InChI is InChI=1S/C17H13N5OS2/c1-10-5-6-11-13(8-10)25-17(19-11)22-16(23)21-14-9-24-15(20-14)12-4-2-3-7-18-12/h2-9H,1H3,(H2,19,21,22,23). The van der Waals surface area contributed by atoms with E-state index in [0.29, 0.717) is 10.9 Å². The molecule has 0 unspecified atom stereocenters. The van der Waals surface area contributed by atoms with Gasteiger partial charge in [-0.1, -0.05) is 23.5 Å². The lowest BCUT2D eigenvalue weighted by Gasteiger charge is -2.01. The number of hydrogen-bond donors (Lipinski definition) is 2. The second-order valence-electron chi connectivity index (χ2n) is 5.32.